The van der Waals surface area contributed by atoms with E-state index in [0.717, 1.165) is 20.7 Å². The summed E-state index contributed by atoms with van der Waals surface area (Å²) in [5.41, 5.74) is 0.826. The number of rotatable bonds is 6. The smallest absolute Gasteiger partial charge is 0.264 e. The minimum atomic E-state index is -0.0645. The van der Waals surface area contributed by atoms with E-state index in [0.29, 0.717) is 27.5 Å². The molecule has 3 aromatic heterocycles. The molecule has 138 valence electrons. The van der Waals surface area contributed by atoms with E-state index in [9.17, 15) is 4.79 Å². The predicted octanol–water partition coefficient (Wildman–Crippen LogP) is 4.14. The van der Waals surface area contributed by atoms with Gasteiger partial charge in [0.25, 0.3) is 5.91 Å². The third-order valence-electron chi connectivity index (χ3n) is 3.83. The average Bonchev–Trinajstić information content (AvgIpc) is 3.17. The van der Waals surface area contributed by atoms with E-state index in [4.69, 9.17) is 21.1 Å². The molecule has 0 aromatic carbocycles. The number of aromatic nitrogens is 2. The molecule has 3 heterocycles. The molecule has 0 aliphatic rings. The van der Waals surface area contributed by atoms with Gasteiger partial charge in [0, 0.05) is 19.0 Å². The highest BCUT2D eigenvalue weighted by Crippen LogP contribution is 2.36. The Balaban J connectivity index is 1.96. The van der Waals surface area contributed by atoms with E-state index in [1.807, 2.05) is 19.1 Å². The maximum absolute atomic E-state index is 13.0. The number of nitrogens with zero attached hydrogens (tertiary/aromatic N) is 3. The molecule has 0 spiro atoms. The number of carbonyl (C=O) groups is 1. The van der Waals surface area contributed by atoms with Crippen LogP contribution < -0.4 is 4.74 Å². The highest BCUT2D eigenvalue weighted by Gasteiger charge is 2.23. The van der Waals surface area contributed by atoms with Gasteiger partial charge >= 0.3 is 0 Å². The number of hydrogen-bond donors (Lipinski definition) is 0. The zero-order valence-electron chi connectivity index (χ0n) is 14.8. The van der Waals surface area contributed by atoms with Gasteiger partial charge in [0.2, 0.25) is 5.88 Å². The summed E-state index contributed by atoms with van der Waals surface area (Å²) in [7, 11) is 4.92. The topological polar surface area (TPSA) is 64.6 Å². The zero-order chi connectivity index (χ0) is 18.8. The van der Waals surface area contributed by atoms with Crippen LogP contribution in [-0.4, -0.2) is 42.0 Å². The molecule has 26 heavy (non-hydrogen) atoms. The van der Waals surface area contributed by atoms with Crippen LogP contribution in [0, 0.1) is 6.92 Å². The molecule has 0 radical (unpaired) electrons. The first-order valence-electron chi connectivity index (χ1n) is 7.77. The second-order valence-corrected chi connectivity index (χ2v) is 8.48. The van der Waals surface area contributed by atoms with Gasteiger partial charge in [0.1, 0.15) is 11.4 Å². The molecular weight excluding hydrogens is 394 g/mol. The molecule has 0 aliphatic carbocycles. The second-order valence-electron chi connectivity index (χ2n) is 5.69. The van der Waals surface area contributed by atoms with Crippen molar-refractivity contribution < 1.29 is 14.3 Å². The molecular formula is C17H18ClN3O3S2. The quantitative estimate of drug-likeness (QED) is 0.609. The van der Waals surface area contributed by atoms with Crippen molar-refractivity contribution in [3.8, 4) is 5.88 Å². The summed E-state index contributed by atoms with van der Waals surface area (Å²) in [6.45, 7) is 2.68. The Labute approximate surface area is 164 Å². The summed E-state index contributed by atoms with van der Waals surface area (Å²) >= 11 is 8.79. The molecule has 0 saturated heterocycles. The normalized spacial score (nSPS) is 11.1. The summed E-state index contributed by atoms with van der Waals surface area (Å²) in [5, 5.41) is 0.772. The standard InChI is InChI=1S/C17H18ClN3O3S2/c1-9-13-15(24-4)19-12(8-23-3)20-16(13)26-14(9)17(22)21(2)7-10-5-6-11(18)25-10/h5-6H,7-8H2,1-4H3. The van der Waals surface area contributed by atoms with Crippen molar-refractivity contribution in [3.05, 3.63) is 37.6 Å². The van der Waals surface area contributed by atoms with Gasteiger partial charge < -0.3 is 14.4 Å². The molecule has 0 saturated carbocycles. The van der Waals surface area contributed by atoms with Gasteiger partial charge in [-0.3, -0.25) is 4.79 Å². The van der Waals surface area contributed by atoms with E-state index in [1.165, 1.54) is 22.7 Å². The zero-order valence-corrected chi connectivity index (χ0v) is 17.2. The fraction of sp³-hybridized carbons (Fsp3) is 0.353. The van der Waals surface area contributed by atoms with E-state index in [2.05, 4.69) is 9.97 Å². The largest absolute Gasteiger partial charge is 0.480 e. The lowest BCUT2D eigenvalue weighted by molar-refractivity contribution is 0.0790. The number of ether oxygens (including phenoxy) is 2. The fourth-order valence-corrected chi connectivity index (χ4v) is 4.93. The van der Waals surface area contributed by atoms with Gasteiger partial charge in [-0.05, 0) is 24.6 Å². The lowest BCUT2D eigenvalue weighted by Crippen LogP contribution is -2.25. The van der Waals surface area contributed by atoms with Gasteiger partial charge in [0.05, 0.1) is 28.3 Å². The average molecular weight is 412 g/mol. The van der Waals surface area contributed by atoms with Crippen LogP contribution in [0.5, 0.6) is 5.88 Å². The molecule has 3 aromatic rings. The van der Waals surface area contributed by atoms with Gasteiger partial charge in [-0.2, -0.15) is 4.98 Å². The minimum Gasteiger partial charge on any atom is -0.480 e. The Kier molecular flexibility index (Phi) is 5.76. The Bertz CT molecular complexity index is 954. The molecule has 9 heteroatoms. The van der Waals surface area contributed by atoms with Crippen molar-refractivity contribution in [2.24, 2.45) is 0 Å². The number of aryl methyl sites for hydroxylation is 1. The van der Waals surface area contributed by atoms with Crippen LogP contribution in [0.1, 0.15) is 25.9 Å². The van der Waals surface area contributed by atoms with Crippen LogP contribution in [-0.2, 0) is 17.9 Å². The van der Waals surface area contributed by atoms with Crippen LogP contribution in [0.15, 0.2) is 12.1 Å². The Hall–Kier alpha value is -1.74. The number of amides is 1. The lowest BCUT2D eigenvalue weighted by atomic mass is 10.2. The molecule has 0 aliphatic heterocycles. The SMILES string of the molecule is COCc1nc(OC)c2c(C)c(C(=O)N(C)Cc3ccc(Cl)s3)sc2n1. The third kappa shape index (κ3) is 3.68. The highest BCUT2D eigenvalue weighted by molar-refractivity contribution is 7.20. The first-order valence-corrected chi connectivity index (χ1v) is 9.78. The van der Waals surface area contributed by atoms with Gasteiger partial charge in [0.15, 0.2) is 5.82 Å². The first-order chi connectivity index (χ1) is 12.4. The van der Waals surface area contributed by atoms with E-state index in [-0.39, 0.29) is 12.5 Å². The Morgan fingerprint density at radius 3 is 2.65 bits per heavy atom. The van der Waals surface area contributed by atoms with Crippen molar-refractivity contribution in [2.45, 2.75) is 20.1 Å². The van der Waals surface area contributed by atoms with Crippen molar-refractivity contribution in [1.29, 1.82) is 0 Å². The summed E-state index contributed by atoms with van der Waals surface area (Å²) < 4.78 is 11.2. The van der Waals surface area contributed by atoms with Gasteiger partial charge in [-0.1, -0.05) is 11.6 Å². The number of hydrogen-bond acceptors (Lipinski definition) is 7. The molecule has 0 fully saturated rings. The number of methoxy groups -OCH3 is 2. The van der Waals surface area contributed by atoms with Crippen molar-refractivity contribution in [3.63, 3.8) is 0 Å². The van der Waals surface area contributed by atoms with Crippen LogP contribution in [0.4, 0.5) is 0 Å². The molecule has 0 unspecified atom stereocenters. The lowest BCUT2D eigenvalue weighted by Gasteiger charge is -2.15. The van der Waals surface area contributed by atoms with Crippen LogP contribution >= 0.6 is 34.3 Å². The number of halogens is 1. The Morgan fingerprint density at radius 2 is 2.04 bits per heavy atom. The molecule has 0 N–H and O–H groups in total. The maximum atomic E-state index is 13.0. The summed E-state index contributed by atoms with van der Waals surface area (Å²) in [6, 6.07) is 3.77. The van der Waals surface area contributed by atoms with E-state index >= 15 is 0 Å². The predicted molar refractivity (Wildman–Crippen MR) is 105 cm³/mol. The summed E-state index contributed by atoms with van der Waals surface area (Å²) in [6.07, 6.45) is 0. The van der Waals surface area contributed by atoms with Crippen LogP contribution in [0.3, 0.4) is 0 Å². The van der Waals surface area contributed by atoms with Gasteiger partial charge in [-0.15, -0.1) is 22.7 Å². The van der Waals surface area contributed by atoms with Crippen LogP contribution in [0.2, 0.25) is 4.34 Å². The van der Waals surface area contributed by atoms with Crippen molar-refractivity contribution >= 4 is 50.4 Å². The van der Waals surface area contributed by atoms with E-state index < -0.39 is 0 Å². The molecule has 6 nitrogen and oxygen atoms in total. The van der Waals surface area contributed by atoms with Crippen LogP contribution in [0.25, 0.3) is 10.2 Å². The van der Waals surface area contributed by atoms with E-state index in [1.54, 1.807) is 26.2 Å². The fourth-order valence-electron chi connectivity index (χ4n) is 2.61. The maximum Gasteiger partial charge on any atom is 0.264 e. The number of thiophene rings is 2. The first kappa shape index (κ1) is 19.0. The second kappa shape index (κ2) is 7.87. The third-order valence-corrected chi connectivity index (χ3v) is 6.22. The minimum absolute atomic E-state index is 0.0645. The number of carbonyl (C=O) groups excluding carboxylic acids is 1. The molecule has 3 rings (SSSR count). The monoisotopic (exact) mass is 411 g/mol. The number of fused-ring (bicyclic) bond motifs is 1. The highest BCUT2D eigenvalue weighted by atomic mass is 35.5. The Morgan fingerprint density at radius 1 is 1.27 bits per heavy atom. The van der Waals surface area contributed by atoms with Crippen molar-refractivity contribution in [1.82, 2.24) is 14.9 Å². The molecule has 1 amide bonds. The summed E-state index contributed by atoms with van der Waals surface area (Å²) in [5.74, 6) is 0.923. The summed E-state index contributed by atoms with van der Waals surface area (Å²) in [4.78, 5) is 25.9. The molecule has 0 bridgehead atoms. The van der Waals surface area contributed by atoms with Gasteiger partial charge in [-0.25, -0.2) is 4.98 Å². The molecule has 0 atom stereocenters. The van der Waals surface area contributed by atoms with Crippen molar-refractivity contribution in [2.75, 3.05) is 21.3 Å².